The zero-order valence-corrected chi connectivity index (χ0v) is 11.5. The van der Waals surface area contributed by atoms with Crippen LogP contribution < -0.4 is 11.1 Å². The summed E-state index contributed by atoms with van der Waals surface area (Å²) in [5.41, 5.74) is 4.57. The topological polar surface area (TPSA) is 113 Å². The van der Waals surface area contributed by atoms with Crippen LogP contribution in [0.1, 0.15) is 27.2 Å². The molecule has 0 aliphatic carbocycles. The monoisotopic (exact) mass is 271 g/mol. The number of carbonyl (C=O) groups excluding carboxylic acids is 2. The summed E-state index contributed by atoms with van der Waals surface area (Å²) in [7, 11) is 0. The molecule has 0 aromatic carbocycles. The van der Waals surface area contributed by atoms with Crippen molar-refractivity contribution in [3.8, 4) is 0 Å². The van der Waals surface area contributed by atoms with Crippen molar-refractivity contribution in [3.63, 3.8) is 0 Å². The normalized spacial score (nSPS) is 24.3. The number of carboxylic acid groups (broad SMARTS) is 1. The molecule has 0 aromatic heterocycles. The fraction of sp³-hybridized carbons (Fsp3) is 0.750. The second kappa shape index (κ2) is 5.46. The highest BCUT2D eigenvalue weighted by Gasteiger charge is 2.41. The van der Waals surface area contributed by atoms with E-state index in [4.69, 9.17) is 10.8 Å². The molecule has 0 radical (unpaired) electrons. The van der Waals surface area contributed by atoms with Crippen LogP contribution in [0, 0.1) is 11.3 Å². The van der Waals surface area contributed by atoms with E-state index in [2.05, 4.69) is 5.32 Å². The van der Waals surface area contributed by atoms with Crippen LogP contribution in [-0.4, -0.2) is 47.0 Å². The molecular weight excluding hydrogens is 250 g/mol. The zero-order valence-electron chi connectivity index (χ0n) is 11.5. The molecule has 4 N–H and O–H groups in total. The van der Waals surface area contributed by atoms with E-state index in [9.17, 15) is 14.4 Å². The van der Waals surface area contributed by atoms with Crippen molar-refractivity contribution in [2.24, 2.45) is 17.1 Å². The molecule has 0 aromatic rings. The number of hydrogen-bond acceptors (Lipinski definition) is 3. The number of nitrogens with two attached hydrogens (primary N) is 1. The standard InChI is InChI=1S/C12H21N3O4/c1-7(2)8(9(16)17)14-11(19)15-5-4-12(3,6-15)10(13)18/h7-8H,4-6H2,1-3H3,(H2,13,18)(H,14,19)(H,16,17). The Kier molecular flexibility index (Phi) is 4.39. The van der Waals surface area contributed by atoms with Crippen LogP contribution in [0.4, 0.5) is 4.79 Å². The molecular formula is C12H21N3O4. The zero-order chi connectivity index (χ0) is 14.8. The third-order valence-corrected chi connectivity index (χ3v) is 3.57. The Morgan fingerprint density at radius 2 is 1.95 bits per heavy atom. The molecule has 7 heteroatoms. The maximum Gasteiger partial charge on any atom is 0.326 e. The van der Waals surface area contributed by atoms with Crippen molar-refractivity contribution in [1.29, 1.82) is 0 Å². The summed E-state index contributed by atoms with van der Waals surface area (Å²) in [6.45, 7) is 5.77. The maximum absolute atomic E-state index is 12.0. The van der Waals surface area contributed by atoms with Gasteiger partial charge in [-0.25, -0.2) is 9.59 Å². The van der Waals surface area contributed by atoms with Crippen molar-refractivity contribution in [2.75, 3.05) is 13.1 Å². The lowest BCUT2D eigenvalue weighted by Gasteiger charge is -2.24. The van der Waals surface area contributed by atoms with E-state index in [-0.39, 0.29) is 12.5 Å². The number of nitrogens with zero attached hydrogens (tertiary/aromatic N) is 1. The lowest BCUT2D eigenvalue weighted by molar-refractivity contribution is -0.140. The first-order valence-electron chi connectivity index (χ1n) is 6.25. The summed E-state index contributed by atoms with van der Waals surface area (Å²) in [6.07, 6.45) is 0.495. The minimum absolute atomic E-state index is 0.216. The summed E-state index contributed by atoms with van der Waals surface area (Å²) in [4.78, 5) is 35.7. The Hall–Kier alpha value is -1.79. The number of hydrogen-bond donors (Lipinski definition) is 3. The maximum atomic E-state index is 12.0. The molecule has 1 saturated heterocycles. The Bertz CT molecular complexity index is 396. The van der Waals surface area contributed by atoms with E-state index in [0.717, 1.165) is 0 Å². The SMILES string of the molecule is CC(C)C(NC(=O)N1CCC(C)(C(N)=O)C1)C(=O)O. The highest BCUT2D eigenvalue weighted by Crippen LogP contribution is 2.29. The van der Waals surface area contributed by atoms with Crippen LogP contribution in [0.2, 0.25) is 0 Å². The summed E-state index contributed by atoms with van der Waals surface area (Å²) in [6, 6.07) is -1.40. The number of rotatable bonds is 4. The number of nitrogens with one attached hydrogen (secondary N) is 1. The van der Waals surface area contributed by atoms with Gasteiger partial charge in [0.15, 0.2) is 0 Å². The molecule has 108 valence electrons. The molecule has 1 rings (SSSR count). The molecule has 2 unspecified atom stereocenters. The number of aliphatic carboxylic acids is 1. The molecule has 3 amide bonds. The van der Waals surface area contributed by atoms with Crippen molar-refractivity contribution in [1.82, 2.24) is 10.2 Å². The van der Waals surface area contributed by atoms with Gasteiger partial charge in [0, 0.05) is 13.1 Å². The van der Waals surface area contributed by atoms with E-state index < -0.39 is 29.4 Å². The van der Waals surface area contributed by atoms with Crippen molar-refractivity contribution in [3.05, 3.63) is 0 Å². The van der Waals surface area contributed by atoms with Crippen LogP contribution in [0.15, 0.2) is 0 Å². The number of carboxylic acids is 1. The number of amides is 3. The molecule has 0 saturated carbocycles. The van der Waals surface area contributed by atoms with Crippen molar-refractivity contribution >= 4 is 17.9 Å². The minimum Gasteiger partial charge on any atom is -0.480 e. The molecule has 1 aliphatic heterocycles. The molecule has 1 fully saturated rings. The van der Waals surface area contributed by atoms with Crippen molar-refractivity contribution < 1.29 is 19.5 Å². The predicted octanol–water partition coefficient (Wildman–Crippen LogP) is 0.00250. The van der Waals surface area contributed by atoms with Gasteiger partial charge in [-0.05, 0) is 19.3 Å². The highest BCUT2D eigenvalue weighted by atomic mass is 16.4. The summed E-state index contributed by atoms with van der Waals surface area (Å²) < 4.78 is 0. The van der Waals surface area contributed by atoms with Gasteiger partial charge < -0.3 is 21.1 Å². The van der Waals surface area contributed by atoms with E-state index in [1.54, 1.807) is 20.8 Å². The Balaban J connectivity index is 2.66. The van der Waals surface area contributed by atoms with E-state index >= 15 is 0 Å². The van der Waals surface area contributed by atoms with Crippen LogP contribution >= 0.6 is 0 Å². The lowest BCUT2D eigenvalue weighted by Crippen LogP contribution is -2.50. The Morgan fingerprint density at radius 3 is 2.32 bits per heavy atom. The van der Waals surface area contributed by atoms with Gasteiger partial charge in [-0.2, -0.15) is 0 Å². The van der Waals surface area contributed by atoms with Crippen LogP contribution in [-0.2, 0) is 9.59 Å². The summed E-state index contributed by atoms with van der Waals surface area (Å²) in [5, 5.41) is 11.5. The molecule has 0 bridgehead atoms. The molecule has 1 heterocycles. The van der Waals surface area contributed by atoms with Crippen LogP contribution in [0.5, 0.6) is 0 Å². The summed E-state index contributed by atoms with van der Waals surface area (Å²) in [5.74, 6) is -1.73. The number of primary amides is 1. The predicted molar refractivity (Wildman–Crippen MR) is 68.3 cm³/mol. The molecule has 0 spiro atoms. The average molecular weight is 271 g/mol. The fourth-order valence-electron chi connectivity index (χ4n) is 2.07. The van der Waals surface area contributed by atoms with Crippen molar-refractivity contribution in [2.45, 2.75) is 33.2 Å². The number of urea groups is 1. The largest absolute Gasteiger partial charge is 0.480 e. The van der Waals surface area contributed by atoms with E-state index in [1.807, 2.05) is 0 Å². The number of likely N-dealkylation sites (tertiary alicyclic amines) is 1. The first-order chi connectivity index (χ1) is 8.67. The third kappa shape index (κ3) is 3.36. The first-order valence-corrected chi connectivity index (χ1v) is 6.25. The van der Waals surface area contributed by atoms with Gasteiger partial charge in [0.2, 0.25) is 5.91 Å². The van der Waals surface area contributed by atoms with Crippen LogP contribution in [0.25, 0.3) is 0 Å². The smallest absolute Gasteiger partial charge is 0.326 e. The Morgan fingerprint density at radius 1 is 1.37 bits per heavy atom. The first kappa shape index (κ1) is 15.3. The van der Waals surface area contributed by atoms with Crippen LogP contribution in [0.3, 0.4) is 0 Å². The Labute approximate surface area is 112 Å². The van der Waals surface area contributed by atoms with Gasteiger partial charge in [-0.3, -0.25) is 4.79 Å². The third-order valence-electron chi connectivity index (χ3n) is 3.57. The highest BCUT2D eigenvalue weighted by molar-refractivity contribution is 5.85. The second-order valence-electron chi connectivity index (χ2n) is 5.61. The summed E-state index contributed by atoms with van der Waals surface area (Å²) >= 11 is 0. The van der Waals surface area contributed by atoms with Gasteiger partial charge in [-0.1, -0.05) is 13.8 Å². The molecule has 1 aliphatic rings. The molecule has 7 nitrogen and oxygen atoms in total. The van der Waals surface area contributed by atoms with Gasteiger partial charge in [-0.15, -0.1) is 0 Å². The molecule has 2 atom stereocenters. The second-order valence-corrected chi connectivity index (χ2v) is 5.61. The van der Waals surface area contributed by atoms with Gasteiger partial charge >= 0.3 is 12.0 Å². The quantitative estimate of drug-likeness (QED) is 0.668. The van der Waals surface area contributed by atoms with Gasteiger partial charge in [0.05, 0.1) is 5.41 Å². The van der Waals surface area contributed by atoms with E-state index in [1.165, 1.54) is 4.90 Å². The van der Waals surface area contributed by atoms with E-state index in [0.29, 0.717) is 13.0 Å². The average Bonchev–Trinajstić information content (AvgIpc) is 2.69. The lowest BCUT2D eigenvalue weighted by atomic mass is 9.89. The van der Waals surface area contributed by atoms with Gasteiger partial charge in [0.1, 0.15) is 6.04 Å². The molecule has 19 heavy (non-hydrogen) atoms. The van der Waals surface area contributed by atoms with Gasteiger partial charge in [0.25, 0.3) is 0 Å². The fourth-order valence-corrected chi connectivity index (χ4v) is 2.07. The number of carbonyl (C=O) groups is 3. The minimum atomic E-state index is -1.07.